The lowest BCUT2D eigenvalue weighted by molar-refractivity contribution is 0.147. The summed E-state index contributed by atoms with van der Waals surface area (Å²) >= 11 is 0. The predicted molar refractivity (Wildman–Crippen MR) is 91.5 cm³/mol. The average molecular weight is 295 g/mol. The summed E-state index contributed by atoms with van der Waals surface area (Å²) in [6, 6.07) is 0. The van der Waals surface area contributed by atoms with E-state index in [4.69, 9.17) is 0 Å². The van der Waals surface area contributed by atoms with Crippen LogP contribution in [0.2, 0.25) is 0 Å². The fourth-order valence-electron chi connectivity index (χ4n) is 3.93. The zero-order valence-electron chi connectivity index (χ0n) is 14.4. The number of rotatable bonds is 14. The fraction of sp³-hybridized carbons (Fsp3) is 1.00. The van der Waals surface area contributed by atoms with Gasteiger partial charge < -0.3 is 5.11 Å². The van der Waals surface area contributed by atoms with Gasteiger partial charge in [0.25, 0.3) is 0 Å². The molecule has 0 heterocycles. The maximum atomic E-state index is 10.0. The Hall–Kier alpha value is -0.0400. The molecule has 1 nitrogen and oxygen atoms in total. The van der Waals surface area contributed by atoms with E-state index in [0.717, 1.165) is 24.2 Å². The summed E-state index contributed by atoms with van der Waals surface area (Å²) < 4.78 is 0. The zero-order valence-corrected chi connectivity index (χ0v) is 14.4. The molecular formula is C20H38O. The number of unbranched alkanes of at least 4 members (excludes halogenated alkanes) is 4. The molecule has 0 amide bonds. The molecule has 0 bridgehead atoms. The molecule has 21 heavy (non-hydrogen) atoms. The monoisotopic (exact) mass is 294 g/mol. The van der Waals surface area contributed by atoms with Gasteiger partial charge in [-0.1, -0.05) is 71.1 Å². The van der Waals surface area contributed by atoms with Gasteiger partial charge in [-0.2, -0.15) is 0 Å². The van der Waals surface area contributed by atoms with Gasteiger partial charge in [0.2, 0.25) is 0 Å². The van der Waals surface area contributed by atoms with Crippen LogP contribution in [0.5, 0.6) is 0 Å². The van der Waals surface area contributed by atoms with Crippen LogP contribution in [0.25, 0.3) is 0 Å². The third-order valence-corrected chi connectivity index (χ3v) is 5.83. The quantitative estimate of drug-likeness (QED) is 0.376. The second-order valence-electron chi connectivity index (χ2n) is 8.08. The molecule has 0 aromatic carbocycles. The van der Waals surface area contributed by atoms with Crippen molar-refractivity contribution in [3.8, 4) is 0 Å². The molecule has 1 N–H and O–H groups in total. The number of hydrogen-bond acceptors (Lipinski definition) is 1. The first-order chi connectivity index (χ1) is 10.2. The minimum absolute atomic E-state index is 0.0172. The van der Waals surface area contributed by atoms with Crippen LogP contribution >= 0.6 is 0 Å². The molecule has 2 aliphatic rings. The molecule has 0 aromatic rings. The molecule has 0 aliphatic heterocycles. The summed E-state index contributed by atoms with van der Waals surface area (Å²) in [5.74, 6) is 1.08. The Morgan fingerprint density at radius 1 is 0.905 bits per heavy atom. The van der Waals surface area contributed by atoms with Crippen molar-refractivity contribution in [2.45, 2.75) is 116 Å². The van der Waals surface area contributed by atoms with Crippen LogP contribution in [0.4, 0.5) is 0 Å². The van der Waals surface area contributed by atoms with Crippen LogP contribution in [0.15, 0.2) is 0 Å². The Morgan fingerprint density at radius 3 is 2.14 bits per heavy atom. The van der Waals surface area contributed by atoms with Crippen LogP contribution in [0.3, 0.4) is 0 Å². The van der Waals surface area contributed by atoms with Crippen molar-refractivity contribution >= 4 is 0 Å². The van der Waals surface area contributed by atoms with Gasteiger partial charge in [-0.05, 0) is 49.9 Å². The van der Waals surface area contributed by atoms with E-state index in [1.165, 1.54) is 89.9 Å². The van der Waals surface area contributed by atoms with Gasteiger partial charge in [-0.15, -0.1) is 0 Å². The number of aliphatic hydroxyl groups excluding tert-OH is 1. The van der Waals surface area contributed by atoms with Crippen LogP contribution in [0, 0.1) is 11.3 Å². The molecule has 0 aromatic heterocycles. The van der Waals surface area contributed by atoms with Gasteiger partial charge in [0.05, 0.1) is 6.10 Å². The second-order valence-corrected chi connectivity index (χ2v) is 8.08. The lowest BCUT2D eigenvalue weighted by atomic mass is 9.93. The van der Waals surface area contributed by atoms with Gasteiger partial charge >= 0.3 is 0 Å². The smallest absolute Gasteiger partial charge is 0.0540 e. The normalized spacial score (nSPS) is 21.4. The van der Waals surface area contributed by atoms with Crippen molar-refractivity contribution in [2.75, 3.05) is 0 Å². The molecule has 2 rings (SSSR count). The van der Waals surface area contributed by atoms with Crippen molar-refractivity contribution in [2.24, 2.45) is 11.3 Å². The zero-order chi connectivity index (χ0) is 15.0. The highest BCUT2D eigenvalue weighted by molar-refractivity contribution is 4.92. The second kappa shape index (κ2) is 9.18. The van der Waals surface area contributed by atoms with Gasteiger partial charge in [0, 0.05) is 0 Å². The van der Waals surface area contributed by atoms with Crippen molar-refractivity contribution in [3.05, 3.63) is 0 Å². The van der Waals surface area contributed by atoms with E-state index in [1.54, 1.807) is 0 Å². The predicted octanol–water partition coefficient (Wildman–Crippen LogP) is 6.24. The Morgan fingerprint density at radius 2 is 1.57 bits per heavy atom. The lowest BCUT2D eigenvalue weighted by Crippen LogP contribution is -2.06. The average Bonchev–Trinajstić information content (AvgIpc) is 3.35. The van der Waals surface area contributed by atoms with Crippen LogP contribution < -0.4 is 0 Å². The molecule has 1 heteroatoms. The lowest BCUT2D eigenvalue weighted by Gasteiger charge is -2.14. The molecule has 2 saturated carbocycles. The summed E-state index contributed by atoms with van der Waals surface area (Å²) in [5.41, 5.74) is 0.773. The molecule has 2 aliphatic carbocycles. The summed E-state index contributed by atoms with van der Waals surface area (Å²) in [4.78, 5) is 0. The molecule has 0 radical (unpaired) electrons. The molecule has 0 saturated heterocycles. The Labute approximate surface area is 132 Å². The van der Waals surface area contributed by atoms with Crippen molar-refractivity contribution in [3.63, 3.8) is 0 Å². The van der Waals surface area contributed by atoms with E-state index in [2.05, 4.69) is 6.92 Å². The summed E-state index contributed by atoms with van der Waals surface area (Å²) in [6.07, 6.45) is 21.7. The third kappa shape index (κ3) is 7.68. The van der Waals surface area contributed by atoms with Gasteiger partial charge in [-0.25, -0.2) is 0 Å². The van der Waals surface area contributed by atoms with Crippen molar-refractivity contribution in [1.29, 1.82) is 0 Å². The summed E-state index contributed by atoms with van der Waals surface area (Å²) in [5, 5.41) is 10.0. The van der Waals surface area contributed by atoms with E-state index in [9.17, 15) is 5.11 Å². The Balaban J connectivity index is 1.34. The highest BCUT2D eigenvalue weighted by atomic mass is 16.3. The molecule has 124 valence electrons. The largest absolute Gasteiger partial charge is 0.393 e. The third-order valence-electron chi connectivity index (χ3n) is 5.83. The first-order valence-corrected chi connectivity index (χ1v) is 9.92. The standard InChI is InChI=1S/C20H38O/c1-2-14-20(16-17-20)15-8-4-7-11-19(21)10-6-3-5-9-18-12-13-18/h18-19,21H,2-17H2,1H3. The summed E-state index contributed by atoms with van der Waals surface area (Å²) in [7, 11) is 0. The SMILES string of the molecule is CCCC1(CCCCCC(O)CCCCCC2CC2)CC1. The van der Waals surface area contributed by atoms with Crippen LogP contribution in [-0.4, -0.2) is 11.2 Å². The van der Waals surface area contributed by atoms with Gasteiger partial charge in [-0.3, -0.25) is 0 Å². The van der Waals surface area contributed by atoms with Crippen molar-refractivity contribution < 1.29 is 5.11 Å². The minimum Gasteiger partial charge on any atom is -0.393 e. The van der Waals surface area contributed by atoms with Gasteiger partial charge in [0.1, 0.15) is 0 Å². The van der Waals surface area contributed by atoms with E-state index in [1.807, 2.05) is 0 Å². The number of hydrogen-bond donors (Lipinski definition) is 1. The van der Waals surface area contributed by atoms with Crippen LogP contribution in [-0.2, 0) is 0 Å². The Kier molecular flexibility index (Phi) is 7.57. The fourth-order valence-corrected chi connectivity index (χ4v) is 3.93. The van der Waals surface area contributed by atoms with E-state index in [-0.39, 0.29) is 6.10 Å². The van der Waals surface area contributed by atoms with E-state index >= 15 is 0 Å². The molecule has 0 spiro atoms. The van der Waals surface area contributed by atoms with Crippen molar-refractivity contribution in [1.82, 2.24) is 0 Å². The molecule has 1 unspecified atom stereocenters. The van der Waals surface area contributed by atoms with Gasteiger partial charge in [0.15, 0.2) is 0 Å². The van der Waals surface area contributed by atoms with E-state index < -0.39 is 0 Å². The molecule has 2 fully saturated rings. The highest BCUT2D eigenvalue weighted by Gasteiger charge is 2.40. The van der Waals surface area contributed by atoms with Crippen LogP contribution in [0.1, 0.15) is 110 Å². The minimum atomic E-state index is -0.0172. The topological polar surface area (TPSA) is 20.2 Å². The number of aliphatic hydroxyl groups is 1. The summed E-state index contributed by atoms with van der Waals surface area (Å²) in [6.45, 7) is 2.32. The maximum absolute atomic E-state index is 10.0. The molecular weight excluding hydrogens is 256 g/mol. The first-order valence-electron chi connectivity index (χ1n) is 9.92. The maximum Gasteiger partial charge on any atom is 0.0540 e. The first kappa shape index (κ1) is 17.3. The molecule has 1 atom stereocenters. The highest BCUT2D eigenvalue weighted by Crippen LogP contribution is 2.53. The van der Waals surface area contributed by atoms with E-state index in [0.29, 0.717) is 0 Å². The Bertz CT molecular complexity index is 265.